The van der Waals surface area contributed by atoms with Gasteiger partial charge in [-0.15, -0.1) is 10.2 Å². The van der Waals surface area contributed by atoms with Crippen molar-refractivity contribution in [3.63, 3.8) is 0 Å². The average Bonchev–Trinajstić information content (AvgIpc) is 2.76. The number of nitrogens with zero attached hydrogens (tertiary/aromatic N) is 4. The minimum absolute atomic E-state index is 0.361. The highest BCUT2D eigenvalue weighted by atomic mass is 16.1. The summed E-state index contributed by atoms with van der Waals surface area (Å²) in [7, 11) is 0. The standard InChI is InChI=1S/C11H18N4O/c1-2-10(16)4-3-5-14-6-7-15-9-12-13-11(15)8-14/h9H,2-8H2,1H3. The zero-order valence-electron chi connectivity index (χ0n) is 9.72. The zero-order valence-corrected chi connectivity index (χ0v) is 9.72. The second-order valence-corrected chi connectivity index (χ2v) is 4.21. The van der Waals surface area contributed by atoms with Crippen LogP contribution in [0, 0.1) is 0 Å². The lowest BCUT2D eigenvalue weighted by Crippen LogP contribution is -2.34. The molecule has 1 aromatic rings. The summed E-state index contributed by atoms with van der Waals surface area (Å²) in [4.78, 5) is 13.5. The highest BCUT2D eigenvalue weighted by Crippen LogP contribution is 2.09. The molecule has 88 valence electrons. The van der Waals surface area contributed by atoms with Gasteiger partial charge in [0.05, 0.1) is 6.54 Å². The molecular formula is C11H18N4O. The molecule has 16 heavy (non-hydrogen) atoms. The van der Waals surface area contributed by atoms with Crippen molar-refractivity contribution < 1.29 is 4.79 Å². The smallest absolute Gasteiger partial charge is 0.147 e. The number of hydrogen-bond acceptors (Lipinski definition) is 4. The van der Waals surface area contributed by atoms with Crippen LogP contribution >= 0.6 is 0 Å². The van der Waals surface area contributed by atoms with E-state index in [0.29, 0.717) is 18.6 Å². The first kappa shape index (κ1) is 11.3. The highest BCUT2D eigenvalue weighted by Gasteiger charge is 2.16. The molecule has 0 bridgehead atoms. The maximum atomic E-state index is 11.2. The number of carbonyl (C=O) groups is 1. The molecule has 1 aliphatic heterocycles. The molecule has 0 aliphatic carbocycles. The van der Waals surface area contributed by atoms with Crippen LogP contribution in [0.3, 0.4) is 0 Å². The van der Waals surface area contributed by atoms with Crippen LogP contribution in [0.2, 0.25) is 0 Å². The van der Waals surface area contributed by atoms with Crippen LogP contribution in [0.4, 0.5) is 0 Å². The van der Waals surface area contributed by atoms with Crippen LogP contribution in [-0.2, 0) is 17.9 Å². The predicted molar refractivity (Wildman–Crippen MR) is 59.8 cm³/mol. The molecule has 0 saturated heterocycles. The molecule has 0 amide bonds. The van der Waals surface area contributed by atoms with E-state index in [1.165, 1.54) is 0 Å². The maximum absolute atomic E-state index is 11.2. The third-order valence-corrected chi connectivity index (χ3v) is 3.04. The van der Waals surface area contributed by atoms with Crippen LogP contribution in [0.1, 0.15) is 32.0 Å². The molecule has 5 nitrogen and oxygen atoms in total. The molecule has 0 unspecified atom stereocenters. The lowest BCUT2D eigenvalue weighted by atomic mass is 10.1. The van der Waals surface area contributed by atoms with E-state index in [4.69, 9.17) is 0 Å². The summed E-state index contributed by atoms with van der Waals surface area (Å²) in [6, 6.07) is 0. The lowest BCUT2D eigenvalue weighted by Gasteiger charge is -2.26. The molecule has 5 heteroatoms. The van der Waals surface area contributed by atoms with Crippen molar-refractivity contribution >= 4 is 5.78 Å². The number of hydrogen-bond donors (Lipinski definition) is 0. The van der Waals surface area contributed by atoms with Gasteiger partial charge in [-0.3, -0.25) is 9.69 Å². The van der Waals surface area contributed by atoms with Crippen LogP contribution in [0.5, 0.6) is 0 Å². The largest absolute Gasteiger partial charge is 0.315 e. The Morgan fingerprint density at radius 3 is 3.19 bits per heavy atom. The van der Waals surface area contributed by atoms with Crippen LogP contribution < -0.4 is 0 Å². The van der Waals surface area contributed by atoms with E-state index in [-0.39, 0.29) is 0 Å². The fourth-order valence-corrected chi connectivity index (χ4v) is 1.98. The molecule has 0 saturated carbocycles. The molecule has 0 radical (unpaired) electrons. The number of Topliss-reactive ketones (excluding diaryl/α,β-unsaturated/α-hetero) is 1. The van der Waals surface area contributed by atoms with Crippen molar-refractivity contribution in [1.82, 2.24) is 19.7 Å². The number of aromatic nitrogens is 3. The van der Waals surface area contributed by atoms with Crippen molar-refractivity contribution in [2.24, 2.45) is 0 Å². The average molecular weight is 222 g/mol. The first-order chi connectivity index (χ1) is 7.79. The van der Waals surface area contributed by atoms with Crippen molar-refractivity contribution in [3.05, 3.63) is 12.2 Å². The first-order valence-electron chi connectivity index (χ1n) is 5.90. The second-order valence-electron chi connectivity index (χ2n) is 4.21. The topological polar surface area (TPSA) is 51.0 Å². The minimum Gasteiger partial charge on any atom is -0.315 e. The van der Waals surface area contributed by atoms with E-state index in [1.54, 1.807) is 6.33 Å². The third kappa shape index (κ3) is 2.66. The monoisotopic (exact) mass is 222 g/mol. The lowest BCUT2D eigenvalue weighted by molar-refractivity contribution is -0.118. The van der Waals surface area contributed by atoms with Gasteiger partial charge in [0.1, 0.15) is 17.9 Å². The Morgan fingerprint density at radius 1 is 1.50 bits per heavy atom. The Balaban J connectivity index is 1.75. The molecule has 0 spiro atoms. The summed E-state index contributed by atoms with van der Waals surface area (Å²) < 4.78 is 2.09. The molecule has 0 atom stereocenters. The zero-order chi connectivity index (χ0) is 11.4. The van der Waals surface area contributed by atoms with Crippen LogP contribution in [0.25, 0.3) is 0 Å². The summed E-state index contributed by atoms with van der Waals surface area (Å²) >= 11 is 0. The van der Waals surface area contributed by atoms with Gasteiger partial charge in [0.2, 0.25) is 0 Å². The van der Waals surface area contributed by atoms with Gasteiger partial charge in [-0.25, -0.2) is 0 Å². The van der Waals surface area contributed by atoms with Crippen molar-refractivity contribution in [2.75, 3.05) is 13.1 Å². The van der Waals surface area contributed by atoms with Crippen molar-refractivity contribution in [1.29, 1.82) is 0 Å². The number of carbonyl (C=O) groups excluding carboxylic acids is 1. The summed E-state index contributed by atoms with van der Waals surface area (Å²) in [6.45, 7) is 5.76. The van der Waals surface area contributed by atoms with E-state index in [1.807, 2.05) is 6.92 Å². The van der Waals surface area contributed by atoms with E-state index in [0.717, 1.165) is 38.4 Å². The van der Waals surface area contributed by atoms with Crippen molar-refractivity contribution in [3.8, 4) is 0 Å². The molecular weight excluding hydrogens is 204 g/mol. The summed E-state index contributed by atoms with van der Waals surface area (Å²) in [6.07, 6.45) is 4.11. The number of ketones is 1. The summed E-state index contributed by atoms with van der Waals surface area (Å²) in [5, 5.41) is 7.96. The predicted octanol–water partition coefficient (Wildman–Crippen LogP) is 0.853. The Hall–Kier alpha value is -1.23. The Bertz CT molecular complexity index is 361. The van der Waals surface area contributed by atoms with Gasteiger partial charge >= 0.3 is 0 Å². The quantitative estimate of drug-likeness (QED) is 0.741. The normalized spacial score (nSPS) is 16.1. The Morgan fingerprint density at radius 2 is 2.38 bits per heavy atom. The summed E-state index contributed by atoms with van der Waals surface area (Å²) in [5.74, 6) is 1.40. The molecule has 0 N–H and O–H groups in total. The molecule has 2 heterocycles. The highest BCUT2D eigenvalue weighted by molar-refractivity contribution is 5.77. The SMILES string of the molecule is CCC(=O)CCCN1CCn2cnnc2C1. The van der Waals surface area contributed by atoms with Gasteiger partial charge < -0.3 is 4.57 Å². The van der Waals surface area contributed by atoms with Gasteiger partial charge in [0.25, 0.3) is 0 Å². The maximum Gasteiger partial charge on any atom is 0.147 e. The van der Waals surface area contributed by atoms with Gasteiger partial charge in [0.15, 0.2) is 0 Å². The first-order valence-corrected chi connectivity index (χ1v) is 5.90. The van der Waals surface area contributed by atoms with Gasteiger partial charge in [-0.2, -0.15) is 0 Å². The fourth-order valence-electron chi connectivity index (χ4n) is 1.98. The fraction of sp³-hybridized carbons (Fsp3) is 0.727. The molecule has 1 aliphatic rings. The van der Waals surface area contributed by atoms with Gasteiger partial charge in [-0.1, -0.05) is 6.92 Å². The number of fused-ring (bicyclic) bond motifs is 1. The van der Waals surface area contributed by atoms with Crippen LogP contribution in [0.15, 0.2) is 6.33 Å². The molecule has 1 aromatic heterocycles. The van der Waals surface area contributed by atoms with E-state index in [9.17, 15) is 4.79 Å². The molecule has 2 rings (SSSR count). The second kappa shape index (κ2) is 5.21. The van der Waals surface area contributed by atoms with Crippen LogP contribution in [-0.4, -0.2) is 38.5 Å². The molecule has 0 fully saturated rings. The van der Waals surface area contributed by atoms with Gasteiger partial charge in [-0.05, 0) is 13.0 Å². The van der Waals surface area contributed by atoms with E-state index >= 15 is 0 Å². The number of rotatable bonds is 5. The Labute approximate surface area is 95.5 Å². The third-order valence-electron chi connectivity index (χ3n) is 3.04. The summed E-state index contributed by atoms with van der Waals surface area (Å²) in [5.41, 5.74) is 0. The van der Waals surface area contributed by atoms with E-state index in [2.05, 4.69) is 19.7 Å². The van der Waals surface area contributed by atoms with Gasteiger partial charge in [0, 0.05) is 25.9 Å². The minimum atomic E-state index is 0.361. The molecule has 0 aromatic carbocycles. The Kier molecular flexibility index (Phi) is 3.66. The van der Waals surface area contributed by atoms with Crippen molar-refractivity contribution in [2.45, 2.75) is 39.3 Å². The van der Waals surface area contributed by atoms with E-state index < -0.39 is 0 Å².